The van der Waals surface area contributed by atoms with Gasteiger partial charge in [0.2, 0.25) is 5.91 Å². The van der Waals surface area contributed by atoms with Crippen molar-refractivity contribution in [1.29, 1.82) is 0 Å². The fraction of sp³-hybridized carbons (Fsp3) is 0.267. The van der Waals surface area contributed by atoms with Crippen LogP contribution in [-0.2, 0) is 11.0 Å². The van der Waals surface area contributed by atoms with E-state index in [0.29, 0.717) is 5.16 Å². The van der Waals surface area contributed by atoms with Gasteiger partial charge in [0.25, 0.3) is 0 Å². The molecule has 0 fully saturated rings. The van der Waals surface area contributed by atoms with Crippen LogP contribution in [0.4, 0.5) is 18.9 Å². The van der Waals surface area contributed by atoms with Crippen molar-refractivity contribution in [3.63, 3.8) is 0 Å². The molecule has 0 aliphatic rings. The van der Waals surface area contributed by atoms with Gasteiger partial charge in [-0.1, -0.05) is 27.7 Å². The number of thioether (sulfide) groups is 1. The molecule has 24 heavy (non-hydrogen) atoms. The van der Waals surface area contributed by atoms with Crippen LogP contribution in [0.15, 0.2) is 33.9 Å². The summed E-state index contributed by atoms with van der Waals surface area (Å²) in [6.07, 6.45) is -4.50. The second-order valence-corrected chi connectivity index (χ2v) is 6.76. The summed E-state index contributed by atoms with van der Waals surface area (Å²) in [5.74, 6) is -0.432. The second-order valence-electron chi connectivity index (χ2n) is 4.96. The normalized spacial score (nSPS) is 11.4. The zero-order valence-electron chi connectivity index (χ0n) is 12.7. The van der Waals surface area contributed by atoms with Crippen molar-refractivity contribution in [3.8, 4) is 0 Å². The molecular weight excluding hydrogens is 407 g/mol. The van der Waals surface area contributed by atoms with Gasteiger partial charge >= 0.3 is 6.18 Å². The van der Waals surface area contributed by atoms with Crippen LogP contribution in [0.5, 0.6) is 0 Å². The molecule has 0 saturated carbocycles. The molecule has 0 unspecified atom stereocenters. The van der Waals surface area contributed by atoms with E-state index in [2.05, 4.69) is 31.2 Å². The summed E-state index contributed by atoms with van der Waals surface area (Å²) in [7, 11) is 0. The molecule has 4 nitrogen and oxygen atoms in total. The maximum atomic E-state index is 12.8. The largest absolute Gasteiger partial charge is 0.417 e. The van der Waals surface area contributed by atoms with Crippen molar-refractivity contribution in [2.24, 2.45) is 0 Å². The molecule has 1 amide bonds. The van der Waals surface area contributed by atoms with Gasteiger partial charge in [0.05, 0.1) is 11.3 Å². The number of alkyl halides is 3. The van der Waals surface area contributed by atoms with Crippen molar-refractivity contribution in [1.82, 2.24) is 9.97 Å². The summed E-state index contributed by atoms with van der Waals surface area (Å²) in [6, 6.07) is 5.35. The highest BCUT2D eigenvalue weighted by molar-refractivity contribution is 9.10. The topological polar surface area (TPSA) is 54.9 Å². The van der Waals surface area contributed by atoms with Gasteiger partial charge in [-0.05, 0) is 38.1 Å². The van der Waals surface area contributed by atoms with Crippen LogP contribution in [0.3, 0.4) is 0 Å². The van der Waals surface area contributed by atoms with Gasteiger partial charge in [-0.25, -0.2) is 9.97 Å². The molecule has 1 heterocycles. The van der Waals surface area contributed by atoms with Crippen LogP contribution < -0.4 is 5.32 Å². The highest BCUT2D eigenvalue weighted by Crippen LogP contribution is 2.36. The number of anilines is 1. The molecule has 1 N–H and O–H groups in total. The molecule has 0 aliphatic heterocycles. The Hall–Kier alpha value is -1.61. The first-order chi connectivity index (χ1) is 11.1. The van der Waals surface area contributed by atoms with Crippen LogP contribution in [0.2, 0.25) is 0 Å². The number of halogens is 4. The number of benzene rings is 1. The Morgan fingerprint density at radius 3 is 2.42 bits per heavy atom. The number of hydrogen-bond acceptors (Lipinski definition) is 4. The van der Waals surface area contributed by atoms with Crippen molar-refractivity contribution in [2.75, 3.05) is 11.1 Å². The number of nitrogens with one attached hydrogen (secondary N) is 1. The molecule has 1 aromatic carbocycles. The first kappa shape index (κ1) is 18.7. The molecule has 9 heteroatoms. The fourth-order valence-electron chi connectivity index (χ4n) is 1.91. The van der Waals surface area contributed by atoms with E-state index in [4.69, 9.17) is 0 Å². The summed E-state index contributed by atoms with van der Waals surface area (Å²) in [5.41, 5.74) is 0.810. The van der Waals surface area contributed by atoms with E-state index in [1.807, 2.05) is 19.9 Å². The number of rotatable bonds is 4. The molecule has 2 rings (SSSR count). The highest BCUT2D eigenvalue weighted by Gasteiger charge is 2.33. The molecule has 0 atom stereocenters. The summed E-state index contributed by atoms with van der Waals surface area (Å²) >= 11 is 3.98. The summed E-state index contributed by atoms with van der Waals surface area (Å²) in [4.78, 5) is 20.3. The van der Waals surface area contributed by atoms with E-state index < -0.39 is 17.6 Å². The van der Waals surface area contributed by atoms with Gasteiger partial charge in [0.15, 0.2) is 5.16 Å². The first-order valence-corrected chi connectivity index (χ1v) is 8.54. The van der Waals surface area contributed by atoms with E-state index in [1.54, 1.807) is 0 Å². The summed E-state index contributed by atoms with van der Waals surface area (Å²) in [5, 5.41) is 2.90. The number of nitrogens with zero attached hydrogens (tertiary/aromatic N) is 2. The minimum absolute atomic E-state index is 0.000306. The molecule has 0 bridgehead atoms. The van der Waals surface area contributed by atoms with Gasteiger partial charge in [-0.15, -0.1) is 0 Å². The molecule has 0 spiro atoms. The number of aromatic nitrogens is 2. The maximum Gasteiger partial charge on any atom is 0.417 e. The molecule has 2 aromatic rings. The minimum atomic E-state index is -4.50. The quantitative estimate of drug-likeness (QED) is 0.580. The molecule has 128 valence electrons. The van der Waals surface area contributed by atoms with Gasteiger partial charge < -0.3 is 5.32 Å². The van der Waals surface area contributed by atoms with Crippen molar-refractivity contribution < 1.29 is 18.0 Å². The lowest BCUT2D eigenvalue weighted by Crippen LogP contribution is -2.15. The first-order valence-electron chi connectivity index (χ1n) is 6.77. The molecule has 0 saturated heterocycles. The highest BCUT2D eigenvalue weighted by atomic mass is 79.9. The third-order valence-electron chi connectivity index (χ3n) is 2.85. The third kappa shape index (κ3) is 5.20. The molecule has 0 radical (unpaired) electrons. The smallest absolute Gasteiger partial charge is 0.325 e. The van der Waals surface area contributed by atoms with Crippen LogP contribution in [-0.4, -0.2) is 21.6 Å². The van der Waals surface area contributed by atoms with Gasteiger partial charge in [-0.2, -0.15) is 13.2 Å². The fourth-order valence-corrected chi connectivity index (χ4v) is 3.13. The lowest BCUT2D eigenvalue weighted by molar-refractivity contribution is -0.138. The zero-order valence-corrected chi connectivity index (χ0v) is 15.1. The van der Waals surface area contributed by atoms with Crippen LogP contribution >= 0.6 is 27.7 Å². The predicted octanol–water partition coefficient (Wildman–Crippen LogP) is 4.61. The van der Waals surface area contributed by atoms with E-state index in [1.165, 1.54) is 12.1 Å². The Balaban J connectivity index is 2.02. The molecular formula is C15H13BrF3N3OS. The van der Waals surface area contributed by atoms with Crippen LogP contribution in [0.1, 0.15) is 17.0 Å². The standard InChI is InChI=1S/C15H13BrF3N3OS/c1-8-5-9(2)21-14(20-8)24-7-13(23)22-10-3-4-12(16)11(6-10)15(17,18)19/h3-6H,7H2,1-2H3,(H,22,23). The third-order valence-corrected chi connectivity index (χ3v) is 4.39. The Kier molecular flexibility index (Phi) is 5.87. The molecule has 1 aromatic heterocycles. The second kappa shape index (κ2) is 7.52. The van der Waals surface area contributed by atoms with Crippen molar-refractivity contribution >= 4 is 39.3 Å². The summed E-state index contributed by atoms with van der Waals surface area (Å²) < 4.78 is 38.5. The van der Waals surface area contributed by atoms with Gasteiger partial charge in [0.1, 0.15) is 0 Å². The number of carbonyl (C=O) groups excluding carboxylic acids is 1. The lowest BCUT2D eigenvalue weighted by Gasteiger charge is -2.12. The van der Waals surface area contributed by atoms with Gasteiger partial charge in [-0.3, -0.25) is 4.79 Å². The summed E-state index contributed by atoms with van der Waals surface area (Å²) in [6.45, 7) is 3.64. The zero-order chi connectivity index (χ0) is 17.9. The Morgan fingerprint density at radius 1 is 1.21 bits per heavy atom. The number of carbonyl (C=O) groups is 1. The number of amides is 1. The predicted molar refractivity (Wildman–Crippen MR) is 90.0 cm³/mol. The Bertz CT molecular complexity index is 748. The SMILES string of the molecule is Cc1cc(C)nc(SCC(=O)Nc2ccc(Br)c(C(F)(F)F)c2)n1. The van der Waals surface area contributed by atoms with Crippen LogP contribution in [0.25, 0.3) is 0 Å². The van der Waals surface area contributed by atoms with Crippen molar-refractivity contribution in [3.05, 3.63) is 45.7 Å². The molecule has 0 aliphatic carbocycles. The van der Waals surface area contributed by atoms with E-state index in [-0.39, 0.29) is 15.9 Å². The van der Waals surface area contributed by atoms with Gasteiger partial charge in [0, 0.05) is 21.5 Å². The minimum Gasteiger partial charge on any atom is -0.325 e. The monoisotopic (exact) mass is 419 g/mol. The van der Waals surface area contributed by atoms with Crippen molar-refractivity contribution in [2.45, 2.75) is 25.2 Å². The number of aryl methyl sites for hydroxylation is 2. The maximum absolute atomic E-state index is 12.8. The average Bonchev–Trinajstić information content (AvgIpc) is 2.45. The van der Waals surface area contributed by atoms with E-state index in [0.717, 1.165) is 29.2 Å². The average molecular weight is 420 g/mol. The van der Waals surface area contributed by atoms with E-state index >= 15 is 0 Å². The Morgan fingerprint density at radius 2 is 1.83 bits per heavy atom. The van der Waals surface area contributed by atoms with E-state index in [9.17, 15) is 18.0 Å². The van der Waals surface area contributed by atoms with Crippen LogP contribution in [0, 0.1) is 13.8 Å². The Labute approximate surface area is 149 Å². The lowest BCUT2D eigenvalue weighted by atomic mass is 10.2. The number of hydrogen-bond donors (Lipinski definition) is 1.